The quantitative estimate of drug-likeness (QED) is 0.607. The van der Waals surface area contributed by atoms with E-state index in [-0.39, 0.29) is 42.7 Å². The Kier molecular flexibility index (Phi) is 13.0. The third-order valence-electron chi connectivity index (χ3n) is 4.34. The van der Waals surface area contributed by atoms with E-state index in [2.05, 4.69) is 10.2 Å². The summed E-state index contributed by atoms with van der Waals surface area (Å²) in [5.74, 6) is 0.0588. The van der Waals surface area contributed by atoms with Gasteiger partial charge in [-0.05, 0) is 5.56 Å². The van der Waals surface area contributed by atoms with Crippen molar-refractivity contribution in [1.29, 1.82) is 0 Å². The van der Waals surface area contributed by atoms with E-state index in [0.29, 0.717) is 52.3 Å². The molecule has 27 heavy (non-hydrogen) atoms. The van der Waals surface area contributed by atoms with Gasteiger partial charge in [0.2, 0.25) is 11.8 Å². The highest BCUT2D eigenvalue weighted by molar-refractivity contribution is 5.85. The molecule has 1 aliphatic rings. The molecule has 0 radical (unpaired) electrons. The van der Waals surface area contributed by atoms with Gasteiger partial charge in [-0.1, -0.05) is 30.3 Å². The monoisotopic (exact) mass is 420 g/mol. The number of amides is 2. The van der Waals surface area contributed by atoms with Crippen molar-refractivity contribution in [3.05, 3.63) is 35.9 Å². The summed E-state index contributed by atoms with van der Waals surface area (Å²) in [5.41, 5.74) is 7.11. The topological polar surface area (TPSA) is 87.9 Å². The zero-order chi connectivity index (χ0) is 18.1. The van der Waals surface area contributed by atoms with Gasteiger partial charge in [-0.3, -0.25) is 14.5 Å². The van der Waals surface area contributed by atoms with E-state index in [9.17, 15) is 9.59 Å². The van der Waals surface area contributed by atoms with Crippen LogP contribution in [0.15, 0.2) is 30.3 Å². The molecule has 2 amide bonds. The van der Waals surface area contributed by atoms with Crippen LogP contribution in [-0.4, -0.2) is 74.6 Å². The van der Waals surface area contributed by atoms with Gasteiger partial charge in [-0.15, -0.1) is 24.8 Å². The number of hydrogen-bond donors (Lipinski definition) is 2. The molecule has 0 bridgehead atoms. The SMILES string of the molecule is COCCNC(=O)CN1CCN(C(=O)CC(N)c2ccccc2)CC1.Cl.Cl. The van der Waals surface area contributed by atoms with Crippen molar-refractivity contribution >= 4 is 36.6 Å². The largest absolute Gasteiger partial charge is 0.383 e. The lowest BCUT2D eigenvalue weighted by Gasteiger charge is -2.34. The number of carbonyl (C=O) groups excluding carboxylic acids is 2. The van der Waals surface area contributed by atoms with E-state index >= 15 is 0 Å². The number of halogens is 2. The van der Waals surface area contributed by atoms with Crippen LogP contribution in [0.25, 0.3) is 0 Å². The number of piperazine rings is 1. The Morgan fingerprint density at radius 3 is 2.37 bits per heavy atom. The van der Waals surface area contributed by atoms with Gasteiger partial charge >= 0.3 is 0 Å². The number of rotatable bonds is 8. The lowest BCUT2D eigenvalue weighted by molar-refractivity contribution is -0.133. The number of nitrogens with one attached hydrogen (secondary N) is 1. The van der Waals surface area contributed by atoms with Crippen molar-refractivity contribution in [2.75, 3.05) is 53.0 Å². The zero-order valence-electron chi connectivity index (χ0n) is 15.6. The molecule has 1 heterocycles. The Morgan fingerprint density at radius 2 is 1.78 bits per heavy atom. The Balaban J connectivity index is 0.00000338. The fourth-order valence-corrected chi connectivity index (χ4v) is 2.84. The summed E-state index contributed by atoms with van der Waals surface area (Å²) in [4.78, 5) is 28.1. The molecule has 2 rings (SSSR count). The molecule has 3 N–H and O–H groups in total. The fraction of sp³-hybridized carbons (Fsp3) is 0.556. The number of nitrogens with two attached hydrogens (primary N) is 1. The van der Waals surface area contributed by atoms with Crippen LogP contribution >= 0.6 is 24.8 Å². The molecule has 7 nitrogen and oxygen atoms in total. The number of methoxy groups -OCH3 is 1. The molecule has 1 aromatic rings. The van der Waals surface area contributed by atoms with Crippen LogP contribution in [0, 0.1) is 0 Å². The van der Waals surface area contributed by atoms with E-state index in [1.54, 1.807) is 7.11 Å². The van der Waals surface area contributed by atoms with Gasteiger partial charge in [0, 0.05) is 52.3 Å². The van der Waals surface area contributed by atoms with Gasteiger partial charge in [-0.2, -0.15) is 0 Å². The van der Waals surface area contributed by atoms with Crippen LogP contribution in [0.1, 0.15) is 18.0 Å². The molecule has 154 valence electrons. The molecule has 1 aliphatic heterocycles. The van der Waals surface area contributed by atoms with Gasteiger partial charge in [0.05, 0.1) is 13.2 Å². The molecule has 1 aromatic carbocycles. The molecule has 0 aromatic heterocycles. The van der Waals surface area contributed by atoms with Crippen LogP contribution in [0.3, 0.4) is 0 Å². The summed E-state index contributed by atoms with van der Waals surface area (Å²) >= 11 is 0. The molecule has 1 saturated heterocycles. The maximum atomic E-state index is 12.4. The highest BCUT2D eigenvalue weighted by Crippen LogP contribution is 2.15. The van der Waals surface area contributed by atoms with E-state index in [1.165, 1.54) is 0 Å². The summed E-state index contributed by atoms with van der Waals surface area (Å²) < 4.78 is 4.90. The highest BCUT2D eigenvalue weighted by Gasteiger charge is 2.23. The van der Waals surface area contributed by atoms with Crippen LogP contribution in [0.2, 0.25) is 0 Å². The Hall–Kier alpha value is -1.38. The number of benzene rings is 1. The molecule has 9 heteroatoms. The second-order valence-corrected chi connectivity index (χ2v) is 6.22. The Morgan fingerprint density at radius 1 is 1.15 bits per heavy atom. The van der Waals surface area contributed by atoms with Crippen molar-refractivity contribution in [3.63, 3.8) is 0 Å². The number of ether oxygens (including phenoxy) is 1. The average molecular weight is 421 g/mol. The van der Waals surface area contributed by atoms with Gasteiger partial charge in [0.1, 0.15) is 0 Å². The molecule has 0 aliphatic carbocycles. The second kappa shape index (κ2) is 13.7. The summed E-state index contributed by atoms with van der Waals surface area (Å²) in [6.45, 7) is 4.04. The van der Waals surface area contributed by atoms with Gasteiger partial charge < -0.3 is 20.7 Å². The third-order valence-corrected chi connectivity index (χ3v) is 4.34. The minimum absolute atomic E-state index is 0. The van der Waals surface area contributed by atoms with E-state index in [4.69, 9.17) is 10.5 Å². The smallest absolute Gasteiger partial charge is 0.234 e. The normalized spacial score (nSPS) is 15.3. The Labute approximate surface area is 173 Å². The Bertz CT molecular complexity index is 555. The summed E-state index contributed by atoms with van der Waals surface area (Å²) in [5, 5.41) is 2.81. The van der Waals surface area contributed by atoms with E-state index in [1.807, 2.05) is 35.2 Å². The summed E-state index contributed by atoms with van der Waals surface area (Å²) in [6.07, 6.45) is 0.307. The first-order valence-electron chi connectivity index (χ1n) is 8.66. The first-order valence-corrected chi connectivity index (χ1v) is 8.66. The minimum atomic E-state index is -0.279. The molecule has 0 saturated carbocycles. The molecule has 1 atom stereocenters. The lowest BCUT2D eigenvalue weighted by atomic mass is 10.0. The maximum absolute atomic E-state index is 12.4. The average Bonchev–Trinajstić information content (AvgIpc) is 2.63. The molecule has 0 spiro atoms. The van der Waals surface area contributed by atoms with Crippen molar-refractivity contribution < 1.29 is 14.3 Å². The molecule has 1 unspecified atom stereocenters. The number of carbonyl (C=O) groups is 2. The number of nitrogens with zero attached hydrogens (tertiary/aromatic N) is 2. The van der Waals surface area contributed by atoms with E-state index < -0.39 is 0 Å². The number of hydrogen-bond acceptors (Lipinski definition) is 5. The fourth-order valence-electron chi connectivity index (χ4n) is 2.84. The molecular weight excluding hydrogens is 391 g/mol. The lowest BCUT2D eigenvalue weighted by Crippen LogP contribution is -2.51. The van der Waals surface area contributed by atoms with Crippen LogP contribution in [0.5, 0.6) is 0 Å². The maximum Gasteiger partial charge on any atom is 0.234 e. The van der Waals surface area contributed by atoms with Gasteiger partial charge in [0.25, 0.3) is 0 Å². The first-order chi connectivity index (χ1) is 12.1. The van der Waals surface area contributed by atoms with E-state index in [0.717, 1.165) is 5.56 Å². The summed E-state index contributed by atoms with van der Waals surface area (Å²) in [6, 6.07) is 9.39. The predicted molar refractivity (Wildman–Crippen MR) is 110 cm³/mol. The standard InChI is InChI=1S/C18H28N4O3.2ClH/c1-25-12-7-20-17(23)14-21-8-10-22(11-9-21)18(24)13-16(19)15-5-3-2-4-6-15;;/h2-6,16H,7-14,19H2,1H3,(H,20,23);2*1H. The van der Waals surface area contributed by atoms with Crippen LogP contribution in [0.4, 0.5) is 0 Å². The minimum Gasteiger partial charge on any atom is -0.383 e. The molecule has 1 fully saturated rings. The highest BCUT2D eigenvalue weighted by atomic mass is 35.5. The van der Waals surface area contributed by atoms with Crippen LogP contribution < -0.4 is 11.1 Å². The summed E-state index contributed by atoms with van der Waals surface area (Å²) in [7, 11) is 1.60. The van der Waals surface area contributed by atoms with Crippen LogP contribution in [-0.2, 0) is 14.3 Å². The van der Waals surface area contributed by atoms with Crippen molar-refractivity contribution in [2.24, 2.45) is 5.73 Å². The first kappa shape index (κ1) is 25.6. The van der Waals surface area contributed by atoms with Crippen molar-refractivity contribution in [2.45, 2.75) is 12.5 Å². The zero-order valence-corrected chi connectivity index (χ0v) is 17.3. The predicted octanol–water partition coefficient (Wildman–Crippen LogP) is 0.827. The second-order valence-electron chi connectivity index (χ2n) is 6.22. The molecular formula is C18H30Cl2N4O3. The van der Waals surface area contributed by atoms with Gasteiger partial charge in [0.15, 0.2) is 0 Å². The van der Waals surface area contributed by atoms with Gasteiger partial charge in [-0.25, -0.2) is 0 Å². The van der Waals surface area contributed by atoms with Crippen molar-refractivity contribution in [1.82, 2.24) is 15.1 Å². The van der Waals surface area contributed by atoms with Crippen molar-refractivity contribution in [3.8, 4) is 0 Å². The third kappa shape index (κ3) is 8.90.